The molecule has 0 heterocycles. The first-order chi connectivity index (χ1) is 17.9. The summed E-state index contributed by atoms with van der Waals surface area (Å²) >= 11 is 0. The molecule has 204 valence electrons. The maximum Gasteiger partial charge on any atom is 0.303 e. The highest BCUT2D eigenvalue weighted by Crippen LogP contribution is 2.41. The average molecular weight is 515 g/mol. The first kappa shape index (κ1) is 29.6. The molecule has 3 aromatic carbocycles. The van der Waals surface area contributed by atoms with E-state index in [9.17, 15) is 9.90 Å². The van der Waals surface area contributed by atoms with E-state index in [-0.39, 0.29) is 23.4 Å². The molecule has 0 spiro atoms. The molecule has 3 nitrogen and oxygen atoms in total. The van der Waals surface area contributed by atoms with Gasteiger partial charge in [-0.2, -0.15) is 0 Å². The summed E-state index contributed by atoms with van der Waals surface area (Å²) in [5.74, 6) is -0.764. The highest BCUT2D eigenvalue weighted by molar-refractivity contribution is 5.69. The van der Waals surface area contributed by atoms with Crippen molar-refractivity contribution in [2.24, 2.45) is 5.41 Å². The lowest BCUT2D eigenvalue weighted by atomic mass is 9.69. The van der Waals surface area contributed by atoms with E-state index in [1.165, 1.54) is 33.4 Å². The number of aliphatic hydroxyl groups is 1. The average Bonchev–Trinajstić information content (AvgIpc) is 2.88. The smallest absolute Gasteiger partial charge is 0.303 e. The quantitative estimate of drug-likeness (QED) is 0.270. The van der Waals surface area contributed by atoms with E-state index in [0.29, 0.717) is 6.42 Å². The Kier molecular flexibility index (Phi) is 9.59. The number of aliphatic carboxylic acids is 1. The van der Waals surface area contributed by atoms with Gasteiger partial charge in [-0.1, -0.05) is 95.3 Å². The second-order valence-corrected chi connectivity index (χ2v) is 12.0. The number of aryl methyl sites for hydroxylation is 4. The molecule has 0 saturated carbocycles. The summed E-state index contributed by atoms with van der Waals surface area (Å²) in [6.07, 6.45) is 4.09. The fourth-order valence-electron chi connectivity index (χ4n) is 5.62. The van der Waals surface area contributed by atoms with Crippen molar-refractivity contribution in [1.82, 2.24) is 0 Å². The molecule has 2 N–H and O–H groups in total. The van der Waals surface area contributed by atoms with E-state index in [0.717, 1.165) is 36.8 Å². The zero-order valence-electron chi connectivity index (χ0n) is 24.4. The molecule has 0 amide bonds. The third-order valence-corrected chi connectivity index (χ3v) is 8.46. The molecular formula is C35H46O3. The molecule has 0 saturated heterocycles. The normalized spacial score (nSPS) is 12.9. The van der Waals surface area contributed by atoms with Crippen LogP contribution in [-0.4, -0.2) is 22.3 Å². The van der Waals surface area contributed by atoms with E-state index in [1.54, 1.807) is 0 Å². The molecule has 0 bridgehead atoms. The van der Waals surface area contributed by atoms with Gasteiger partial charge in [-0.05, 0) is 95.9 Å². The Balaban J connectivity index is 1.88. The van der Waals surface area contributed by atoms with Crippen LogP contribution in [0.4, 0.5) is 0 Å². The summed E-state index contributed by atoms with van der Waals surface area (Å²) in [5, 5.41) is 19.5. The van der Waals surface area contributed by atoms with E-state index >= 15 is 0 Å². The minimum absolute atomic E-state index is 0.0573. The Bertz CT molecular complexity index is 1230. The molecular weight excluding hydrogens is 468 g/mol. The van der Waals surface area contributed by atoms with Gasteiger partial charge in [0, 0.05) is 11.8 Å². The van der Waals surface area contributed by atoms with Gasteiger partial charge in [0.25, 0.3) is 0 Å². The molecule has 0 radical (unpaired) electrons. The molecule has 0 aliphatic rings. The van der Waals surface area contributed by atoms with Crippen molar-refractivity contribution >= 4 is 5.97 Å². The molecule has 0 aliphatic carbocycles. The lowest BCUT2D eigenvalue weighted by Crippen LogP contribution is -2.27. The van der Waals surface area contributed by atoms with Gasteiger partial charge in [-0.25, -0.2) is 0 Å². The summed E-state index contributed by atoms with van der Waals surface area (Å²) in [4.78, 5) is 10.9. The Hall–Kier alpha value is -2.91. The van der Waals surface area contributed by atoms with Crippen LogP contribution in [0.25, 0.3) is 11.1 Å². The fraction of sp³-hybridized carbons (Fsp3) is 0.457. The van der Waals surface area contributed by atoms with Crippen LogP contribution in [0.15, 0.2) is 60.7 Å². The Morgan fingerprint density at radius 2 is 1.39 bits per heavy atom. The lowest BCUT2D eigenvalue weighted by Gasteiger charge is -2.34. The van der Waals surface area contributed by atoms with Crippen LogP contribution in [0, 0.1) is 19.3 Å². The highest BCUT2D eigenvalue weighted by atomic mass is 16.4. The van der Waals surface area contributed by atoms with Gasteiger partial charge in [-0.15, -0.1) is 0 Å². The number of carbonyl (C=O) groups is 1. The molecule has 0 aromatic heterocycles. The second-order valence-electron chi connectivity index (χ2n) is 12.0. The predicted molar refractivity (Wildman–Crippen MR) is 159 cm³/mol. The highest BCUT2D eigenvalue weighted by Gasteiger charge is 2.31. The summed E-state index contributed by atoms with van der Waals surface area (Å²) in [6.45, 7) is 15.2. The number of aliphatic hydroxyl groups excluding tert-OH is 1. The number of hydrogen-bond donors (Lipinski definition) is 2. The molecule has 3 rings (SSSR count). The van der Waals surface area contributed by atoms with Gasteiger partial charge >= 0.3 is 5.97 Å². The predicted octanol–water partition coefficient (Wildman–Crippen LogP) is 8.43. The molecule has 38 heavy (non-hydrogen) atoms. The van der Waals surface area contributed by atoms with Crippen LogP contribution < -0.4 is 0 Å². The number of benzene rings is 3. The van der Waals surface area contributed by atoms with Gasteiger partial charge < -0.3 is 10.2 Å². The molecule has 0 fully saturated rings. The number of rotatable bonds is 11. The monoisotopic (exact) mass is 514 g/mol. The maximum atomic E-state index is 10.9. The van der Waals surface area contributed by atoms with Gasteiger partial charge in [0.05, 0.1) is 6.10 Å². The Morgan fingerprint density at radius 3 is 1.89 bits per heavy atom. The van der Waals surface area contributed by atoms with Gasteiger partial charge in [0.1, 0.15) is 0 Å². The standard InChI is InChI=1S/C35H46O3/c1-8-35(9-2,29-17-15-27(24(3)22-29)16-20-32(36)34(5,6)7)30-18-19-31(25(4)23-30)28-13-10-26(11-14-28)12-21-33(37)38/h10-11,13-15,17-19,22-23,32,36H,8-9,12,16,20-21H2,1-7H3,(H,37,38)/t32-/m0/s1. The van der Waals surface area contributed by atoms with Crippen molar-refractivity contribution < 1.29 is 15.0 Å². The van der Waals surface area contributed by atoms with Crippen molar-refractivity contribution in [3.05, 3.63) is 94.0 Å². The van der Waals surface area contributed by atoms with E-state index in [1.807, 2.05) is 12.1 Å². The van der Waals surface area contributed by atoms with E-state index in [4.69, 9.17) is 5.11 Å². The largest absolute Gasteiger partial charge is 0.481 e. The minimum Gasteiger partial charge on any atom is -0.481 e. The SMILES string of the molecule is CCC(CC)(c1ccc(CC[C@H](O)C(C)(C)C)c(C)c1)c1ccc(-c2ccc(CCC(=O)O)cc2)c(C)c1. The lowest BCUT2D eigenvalue weighted by molar-refractivity contribution is -0.136. The Morgan fingerprint density at radius 1 is 0.816 bits per heavy atom. The van der Waals surface area contributed by atoms with Gasteiger partial charge in [0.2, 0.25) is 0 Å². The molecule has 1 atom stereocenters. The third kappa shape index (κ3) is 6.74. The van der Waals surface area contributed by atoms with Crippen LogP contribution in [0.3, 0.4) is 0 Å². The summed E-state index contributed by atoms with van der Waals surface area (Å²) in [5.41, 5.74) is 9.82. The molecule has 0 unspecified atom stereocenters. The fourth-order valence-corrected chi connectivity index (χ4v) is 5.62. The van der Waals surface area contributed by atoms with Crippen molar-refractivity contribution in [2.45, 2.75) is 98.5 Å². The summed E-state index contributed by atoms with van der Waals surface area (Å²) < 4.78 is 0. The van der Waals surface area contributed by atoms with Gasteiger partial charge in [0.15, 0.2) is 0 Å². The summed E-state index contributed by atoms with van der Waals surface area (Å²) in [7, 11) is 0. The van der Waals surface area contributed by atoms with Crippen LogP contribution in [0.5, 0.6) is 0 Å². The van der Waals surface area contributed by atoms with Crippen molar-refractivity contribution in [1.29, 1.82) is 0 Å². The van der Waals surface area contributed by atoms with Crippen LogP contribution in [0.1, 0.15) is 93.7 Å². The second kappa shape index (κ2) is 12.3. The molecule has 0 aliphatic heterocycles. The van der Waals surface area contributed by atoms with Crippen molar-refractivity contribution in [2.75, 3.05) is 0 Å². The van der Waals surface area contributed by atoms with Crippen LogP contribution in [-0.2, 0) is 23.1 Å². The topological polar surface area (TPSA) is 57.5 Å². The van der Waals surface area contributed by atoms with Crippen LogP contribution >= 0.6 is 0 Å². The van der Waals surface area contributed by atoms with Crippen LogP contribution in [0.2, 0.25) is 0 Å². The molecule has 3 heteroatoms. The third-order valence-electron chi connectivity index (χ3n) is 8.46. The van der Waals surface area contributed by atoms with Crippen molar-refractivity contribution in [3.8, 4) is 11.1 Å². The van der Waals surface area contributed by atoms with E-state index < -0.39 is 5.97 Å². The Labute approximate surface area is 229 Å². The number of carboxylic acid groups (broad SMARTS) is 1. The maximum absolute atomic E-state index is 10.9. The van der Waals surface area contributed by atoms with E-state index in [2.05, 4.69) is 97.0 Å². The first-order valence-corrected chi connectivity index (χ1v) is 14.1. The zero-order valence-corrected chi connectivity index (χ0v) is 24.4. The summed E-state index contributed by atoms with van der Waals surface area (Å²) in [6, 6.07) is 22.1. The minimum atomic E-state index is -0.764. The van der Waals surface area contributed by atoms with Crippen molar-refractivity contribution in [3.63, 3.8) is 0 Å². The number of hydrogen-bond acceptors (Lipinski definition) is 2. The first-order valence-electron chi connectivity index (χ1n) is 14.1. The zero-order chi connectivity index (χ0) is 28.1. The van der Waals surface area contributed by atoms with Gasteiger partial charge in [-0.3, -0.25) is 4.79 Å². The number of carboxylic acids is 1. The molecule has 3 aromatic rings.